The van der Waals surface area contributed by atoms with Gasteiger partial charge in [-0.05, 0) is 68.5 Å². The molecule has 1 fully saturated rings. The van der Waals surface area contributed by atoms with Gasteiger partial charge in [0.25, 0.3) is 11.1 Å². The molecule has 1 aliphatic heterocycles. The van der Waals surface area contributed by atoms with Crippen LogP contribution in [0.3, 0.4) is 0 Å². The van der Waals surface area contributed by atoms with E-state index in [0.717, 1.165) is 87.6 Å². The molecule has 5 heterocycles. The maximum absolute atomic E-state index is 12.6. The monoisotopic (exact) mass is 678 g/mol. The predicted molar refractivity (Wildman–Crippen MR) is 190 cm³/mol. The molecule has 0 unspecified atom stereocenters. The Hall–Kier alpha value is -4.16. The van der Waals surface area contributed by atoms with Crippen LogP contribution in [-0.4, -0.2) is 64.5 Å². The Morgan fingerprint density at radius 3 is 1.77 bits per heavy atom. The van der Waals surface area contributed by atoms with Crippen LogP contribution in [0.2, 0.25) is 10.0 Å². The minimum Gasteiger partial charge on any atom is -0.341 e. The van der Waals surface area contributed by atoms with Gasteiger partial charge in [-0.15, -0.1) is 20.4 Å². The van der Waals surface area contributed by atoms with E-state index in [-0.39, 0.29) is 11.1 Å². The Kier molecular flexibility index (Phi) is 9.70. The molecule has 14 heteroatoms. The summed E-state index contributed by atoms with van der Waals surface area (Å²) in [6.07, 6.45) is 7.99. The van der Waals surface area contributed by atoms with Crippen LogP contribution in [0.25, 0.3) is 33.4 Å². The normalized spacial score (nSPS) is 13.5. The van der Waals surface area contributed by atoms with Crippen molar-refractivity contribution in [1.29, 1.82) is 0 Å². The summed E-state index contributed by atoms with van der Waals surface area (Å²) >= 11 is 12.2. The largest absolute Gasteiger partial charge is 0.341 e. The third-order valence-electron chi connectivity index (χ3n) is 8.81. The zero-order valence-electron chi connectivity index (χ0n) is 27.3. The fraction of sp³-hybridized carbons (Fsp3) is 0.455. The topological polar surface area (TPSA) is 111 Å². The fourth-order valence-electron chi connectivity index (χ4n) is 6.21. The lowest BCUT2D eigenvalue weighted by Crippen LogP contribution is -2.31. The molecule has 0 atom stereocenters. The number of hydrogen-bond donors (Lipinski definition) is 0. The Balaban J connectivity index is 0.000000165. The molecule has 0 aliphatic carbocycles. The summed E-state index contributed by atoms with van der Waals surface area (Å²) in [5, 5.41) is 19.5. The molecule has 248 valence electrons. The summed E-state index contributed by atoms with van der Waals surface area (Å²) in [5.74, 6) is 2.70. The van der Waals surface area contributed by atoms with E-state index in [1.807, 2.05) is 20.9 Å². The second-order valence-electron chi connectivity index (χ2n) is 12.1. The van der Waals surface area contributed by atoms with E-state index in [9.17, 15) is 9.59 Å². The van der Waals surface area contributed by atoms with Gasteiger partial charge < -0.3 is 9.80 Å². The predicted octanol–water partition coefficient (Wildman–Crippen LogP) is 5.87. The highest BCUT2D eigenvalue weighted by Gasteiger charge is 2.21. The first-order valence-electron chi connectivity index (χ1n) is 16.3. The highest BCUT2D eigenvalue weighted by molar-refractivity contribution is 6.31. The summed E-state index contributed by atoms with van der Waals surface area (Å²) < 4.78 is 6.99. The first kappa shape index (κ1) is 32.8. The number of aryl methyl sites for hydroxylation is 2. The lowest BCUT2D eigenvalue weighted by atomic mass is 10.1. The first-order valence-corrected chi connectivity index (χ1v) is 17.1. The number of nitrogens with zero attached hydrogens (tertiary/aromatic N) is 10. The van der Waals surface area contributed by atoms with Crippen molar-refractivity contribution >= 4 is 68.5 Å². The molecule has 0 radical (unpaired) electrons. The van der Waals surface area contributed by atoms with Gasteiger partial charge in [0.2, 0.25) is 23.5 Å². The zero-order valence-corrected chi connectivity index (χ0v) is 28.8. The smallest absolute Gasteiger partial charge is 0.262 e. The molecular formula is C33H40Cl2N10O2. The molecule has 1 aliphatic rings. The number of hydrogen-bond acceptors (Lipinski definition) is 8. The molecular weight excluding hydrogens is 639 g/mol. The van der Waals surface area contributed by atoms with Gasteiger partial charge in [-0.25, -0.2) is 8.80 Å². The van der Waals surface area contributed by atoms with E-state index in [2.05, 4.69) is 44.0 Å². The minimum atomic E-state index is -0.113. The van der Waals surface area contributed by atoms with Crippen molar-refractivity contribution in [2.24, 2.45) is 14.1 Å². The molecule has 4 aromatic heterocycles. The van der Waals surface area contributed by atoms with Crippen LogP contribution in [0.1, 0.15) is 58.8 Å². The standard InChI is InChI=1S/C18H24ClN5O.C15H16ClN5O/c1-4-6-10-23(11-7-5-2)18-21-20-17-22(3)16(25)14-12-13(19)8-9-15(14)24(17)18;1-19-13(22)11-9-10(16)5-6-12(11)21-14(19)17-18-15(21)20-7-3-2-4-8-20/h8-9,12H,4-7,10-11H2,1-3H3;5-6,9H,2-4,7-8H2,1H3. The average molecular weight is 680 g/mol. The zero-order chi connectivity index (χ0) is 33.2. The molecule has 1 saturated heterocycles. The highest BCUT2D eigenvalue weighted by Crippen LogP contribution is 2.25. The molecule has 2 aromatic carbocycles. The van der Waals surface area contributed by atoms with Gasteiger partial charge in [0, 0.05) is 50.3 Å². The molecule has 0 amide bonds. The number of rotatable bonds is 8. The van der Waals surface area contributed by atoms with E-state index < -0.39 is 0 Å². The highest BCUT2D eigenvalue weighted by atomic mass is 35.5. The number of benzene rings is 2. The molecule has 7 rings (SSSR count). The SMILES string of the molecule is CCCCN(CCCC)c1nnc2n(C)c(=O)c3cc(Cl)ccc3n12.Cn1c(=O)c2cc(Cl)ccc2n2c(N3CCCCC3)nnc12. The third kappa shape index (κ3) is 6.16. The van der Waals surface area contributed by atoms with Gasteiger partial charge in [0.1, 0.15) is 0 Å². The second-order valence-corrected chi connectivity index (χ2v) is 12.9. The Morgan fingerprint density at radius 1 is 0.702 bits per heavy atom. The molecule has 47 heavy (non-hydrogen) atoms. The maximum Gasteiger partial charge on any atom is 0.262 e. The van der Waals surface area contributed by atoms with Gasteiger partial charge in [-0.1, -0.05) is 49.9 Å². The number of aromatic nitrogens is 8. The lowest BCUT2D eigenvalue weighted by molar-refractivity contribution is 0.567. The Labute approximate surface area is 282 Å². The van der Waals surface area contributed by atoms with Gasteiger partial charge >= 0.3 is 0 Å². The van der Waals surface area contributed by atoms with Gasteiger partial charge in [0.05, 0.1) is 21.8 Å². The minimum absolute atomic E-state index is 0.109. The van der Waals surface area contributed by atoms with Crippen molar-refractivity contribution in [3.63, 3.8) is 0 Å². The van der Waals surface area contributed by atoms with Crippen molar-refractivity contribution in [2.45, 2.75) is 58.8 Å². The second kappa shape index (κ2) is 13.9. The van der Waals surface area contributed by atoms with Crippen molar-refractivity contribution < 1.29 is 0 Å². The Morgan fingerprint density at radius 2 is 1.21 bits per heavy atom. The summed E-state index contributed by atoms with van der Waals surface area (Å²) in [7, 11) is 3.44. The van der Waals surface area contributed by atoms with E-state index in [1.54, 1.807) is 38.4 Å². The molecule has 0 saturated carbocycles. The van der Waals surface area contributed by atoms with Crippen LogP contribution in [0.4, 0.5) is 11.9 Å². The van der Waals surface area contributed by atoms with Crippen molar-refractivity contribution in [1.82, 2.24) is 38.3 Å². The summed E-state index contributed by atoms with van der Waals surface area (Å²) in [6.45, 7) is 8.16. The van der Waals surface area contributed by atoms with Gasteiger partial charge in [0.15, 0.2) is 0 Å². The molecule has 0 bridgehead atoms. The summed E-state index contributed by atoms with van der Waals surface area (Å²) in [4.78, 5) is 29.6. The van der Waals surface area contributed by atoms with Crippen LogP contribution in [0, 0.1) is 0 Å². The number of unbranched alkanes of at least 4 members (excludes halogenated alkanes) is 2. The number of anilines is 2. The third-order valence-corrected chi connectivity index (χ3v) is 9.28. The lowest BCUT2D eigenvalue weighted by Gasteiger charge is -2.26. The summed E-state index contributed by atoms with van der Waals surface area (Å²) in [5.41, 5.74) is 1.37. The van der Waals surface area contributed by atoms with Gasteiger partial charge in [-0.3, -0.25) is 18.7 Å². The number of halogens is 2. The van der Waals surface area contributed by atoms with Crippen molar-refractivity contribution in [3.05, 3.63) is 67.2 Å². The van der Waals surface area contributed by atoms with Crippen LogP contribution < -0.4 is 20.9 Å². The molecule has 12 nitrogen and oxygen atoms in total. The van der Waals surface area contributed by atoms with Crippen LogP contribution in [0.15, 0.2) is 46.0 Å². The maximum atomic E-state index is 12.6. The molecule has 0 N–H and O–H groups in total. The Bertz CT molecular complexity index is 2170. The quantitative estimate of drug-likeness (QED) is 0.197. The van der Waals surface area contributed by atoms with Crippen LogP contribution in [-0.2, 0) is 14.1 Å². The molecule has 0 spiro atoms. The number of piperidine rings is 1. The van der Waals surface area contributed by atoms with Gasteiger partial charge in [-0.2, -0.15) is 0 Å². The van der Waals surface area contributed by atoms with Crippen molar-refractivity contribution in [3.8, 4) is 0 Å². The fourth-order valence-corrected chi connectivity index (χ4v) is 6.55. The van der Waals surface area contributed by atoms with Crippen molar-refractivity contribution in [2.75, 3.05) is 36.0 Å². The van der Waals surface area contributed by atoms with E-state index in [4.69, 9.17) is 23.2 Å². The van der Waals surface area contributed by atoms with E-state index in [1.165, 1.54) is 15.6 Å². The summed E-state index contributed by atoms with van der Waals surface area (Å²) in [6, 6.07) is 10.8. The molecule has 6 aromatic rings. The van der Waals surface area contributed by atoms with Crippen LogP contribution >= 0.6 is 23.2 Å². The first-order chi connectivity index (χ1) is 22.7. The van der Waals surface area contributed by atoms with Crippen LogP contribution in [0.5, 0.6) is 0 Å². The average Bonchev–Trinajstić information content (AvgIpc) is 3.73. The van der Waals surface area contributed by atoms with E-state index >= 15 is 0 Å². The van der Waals surface area contributed by atoms with E-state index in [0.29, 0.717) is 32.4 Å². The number of fused-ring (bicyclic) bond motifs is 6.